The number of anilines is 1. The molecule has 0 spiro atoms. The van der Waals surface area contributed by atoms with E-state index < -0.39 is 16.8 Å². The molecule has 0 bridgehead atoms. The first-order valence-corrected chi connectivity index (χ1v) is 10.6. The van der Waals surface area contributed by atoms with Crippen molar-refractivity contribution in [3.8, 4) is 5.75 Å². The van der Waals surface area contributed by atoms with Crippen molar-refractivity contribution in [2.45, 2.75) is 13.3 Å². The first-order chi connectivity index (χ1) is 16.8. The van der Waals surface area contributed by atoms with Gasteiger partial charge in [-0.05, 0) is 54.6 Å². The van der Waals surface area contributed by atoms with Crippen LogP contribution in [0.4, 0.5) is 11.4 Å². The highest BCUT2D eigenvalue weighted by atomic mass is 35.5. The Morgan fingerprint density at radius 2 is 1.69 bits per heavy atom. The number of nitrogens with zero attached hydrogens (tertiary/aromatic N) is 2. The molecule has 0 saturated heterocycles. The molecule has 0 aromatic heterocycles. The highest BCUT2D eigenvalue weighted by Crippen LogP contribution is 2.24. The van der Waals surface area contributed by atoms with Crippen molar-refractivity contribution in [2.24, 2.45) is 5.10 Å². The lowest BCUT2D eigenvalue weighted by Crippen LogP contribution is -2.18. The summed E-state index contributed by atoms with van der Waals surface area (Å²) in [4.78, 5) is 46.8. The van der Waals surface area contributed by atoms with E-state index in [0.29, 0.717) is 17.1 Å². The Morgan fingerprint density at radius 1 is 1.03 bits per heavy atom. The third-order valence-corrected chi connectivity index (χ3v) is 4.86. The summed E-state index contributed by atoms with van der Waals surface area (Å²) >= 11 is 5.83. The molecule has 0 saturated carbocycles. The van der Waals surface area contributed by atoms with E-state index in [1.807, 2.05) is 0 Å². The number of rotatable bonds is 8. The van der Waals surface area contributed by atoms with Crippen LogP contribution in [0.15, 0.2) is 71.8 Å². The second-order valence-electron chi connectivity index (χ2n) is 7.05. The number of halogens is 1. The zero-order chi connectivity index (χ0) is 25.4. The quantitative estimate of drug-likeness (QED) is 0.154. The molecular weight excluding hydrogens is 476 g/mol. The fourth-order valence-corrected chi connectivity index (χ4v) is 2.89. The van der Waals surface area contributed by atoms with Gasteiger partial charge in [0.2, 0.25) is 5.91 Å². The SMILES string of the molecule is CCC(=O)Nc1ccc(C(=O)N/N=C/c2cc([N+](=O)[O-])ccc2OC(=O)c2ccc(Cl)cc2)cc1. The van der Waals surface area contributed by atoms with Gasteiger partial charge in [0.25, 0.3) is 11.6 Å². The van der Waals surface area contributed by atoms with Gasteiger partial charge in [0.05, 0.1) is 16.7 Å². The maximum absolute atomic E-state index is 12.4. The van der Waals surface area contributed by atoms with Gasteiger partial charge in [-0.1, -0.05) is 18.5 Å². The lowest BCUT2D eigenvalue weighted by Gasteiger charge is -2.08. The van der Waals surface area contributed by atoms with Crippen molar-refractivity contribution in [3.63, 3.8) is 0 Å². The standard InChI is InChI=1S/C24H19ClN4O6/c1-2-22(30)27-19-9-5-15(6-10-19)23(31)28-26-14-17-13-20(29(33)34)11-12-21(17)35-24(32)16-3-7-18(25)8-4-16/h3-14H,2H2,1H3,(H,27,30)(H,28,31)/b26-14+. The summed E-state index contributed by atoms with van der Waals surface area (Å²) < 4.78 is 5.36. The Bertz CT molecular complexity index is 1290. The van der Waals surface area contributed by atoms with Crippen LogP contribution in [0, 0.1) is 10.1 Å². The minimum absolute atomic E-state index is 0.00423. The number of esters is 1. The second-order valence-corrected chi connectivity index (χ2v) is 7.49. The molecule has 0 atom stereocenters. The number of ether oxygens (including phenoxy) is 1. The number of carbonyl (C=O) groups is 3. The van der Waals surface area contributed by atoms with Crippen LogP contribution < -0.4 is 15.5 Å². The van der Waals surface area contributed by atoms with Gasteiger partial charge in [0.1, 0.15) is 5.75 Å². The molecule has 0 aliphatic carbocycles. The Balaban J connectivity index is 1.74. The van der Waals surface area contributed by atoms with Crippen LogP contribution >= 0.6 is 11.6 Å². The van der Waals surface area contributed by atoms with Crippen molar-refractivity contribution < 1.29 is 24.0 Å². The Labute approximate surface area is 204 Å². The van der Waals surface area contributed by atoms with Gasteiger partial charge in [0, 0.05) is 40.4 Å². The van der Waals surface area contributed by atoms with E-state index in [1.54, 1.807) is 19.1 Å². The van der Waals surface area contributed by atoms with Crippen molar-refractivity contribution in [1.29, 1.82) is 0 Å². The largest absolute Gasteiger partial charge is 0.422 e. The van der Waals surface area contributed by atoms with Crippen molar-refractivity contribution in [1.82, 2.24) is 5.43 Å². The van der Waals surface area contributed by atoms with Gasteiger partial charge in [-0.3, -0.25) is 19.7 Å². The van der Waals surface area contributed by atoms with Crippen LogP contribution in [-0.4, -0.2) is 28.9 Å². The van der Waals surface area contributed by atoms with E-state index in [9.17, 15) is 24.5 Å². The average Bonchev–Trinajstić information content (AvgIpc) is 2.85. The van der Waals surface area contributed by atoms with Crippen LogP contribution in [0.25, 0.3) is 0 Å². The minimum atomic E-state index is -0.704. The molecule has 2 amide bonds. The molecule has 178 valence electrons. The van der Waals surface area contributed by atoms with Crippen LogP contribution in [-0.2, 0) is 4.79 Å². The molecule has 3 aromatic carbocycles. The number of hydrogen-bond donors (Lipinski definition) is 2. The summed E-state index contributed by atoms with van der Waals surface area (Å²) in [7, 11) is 0. The van der Waals surface area contributed by atoms with E-state index in [1.165, 1.54) is 48.5 Å². The second kappa shape index (κ2) is 11.5. The first kappa shape index (κ1) is 25.1. The molecule has 11 heteroatoms. The van der Waals surface area contributed by atoms with Gasteiger partial charge in [0.15, 0.2) is 0 Å². The number of benzene rings is 3. The third-order valence-electron chi connectivity index (χ3n) is 4.61. The van der Waals surface area contributed by atoms with Gasteiger partial charge in [-0.15, -0.1) is 0 Å². The average molecular weight is 495 g/mol. The molecule has 0 radical (unpaired) electrons. The Morgan fingerprint density at radius 3 is 2.31 bits per heavy atom. The number of hydrazone groups is 1. The van der Waals surface area contributed by atoms with Crippen LogP contribution in [0.3, 0.4) is 0 Å². The lowest BCUT2D eigenvalue weighted by molar-refractivity contribution is -0.384. The molecular formula is C24H19ClN4O6. The molecule has 2 N–H and O–H groups in total. The fourth-order valence-electron chi connectivity index (χ4n) is 2.77. The normalized spacial score (nSPS) is 10.6. The molecule has 0 unspecified atom stereocenters. The van der Waals surface area contributed by atoms with E-state index in [-0.39, 0.29) is 34.0 Å². The number of nitrogens with one attached hydrogen (secondary N) is 2. The molecule has 3 rings (SSSR count). The number of carbonyl (C=O) groups excluding carboxylic acids is 3. The summed E-state index contributed by atoms with van der Waals surface area (Å²) in [5.41, 5.74) is 3.18. The van der Waals surface area contributed by atoms with Crippen molar-refractivity contribution in [3.05, 3.63) is 98.6 Å². The van der Waals surface area contributed by atoms with Crippen molar-refractivity contribution >= 4 is 47.0 Å². The smallest absolute Gasteiger partial charge is 0.343 e. The van der Waals surface area contributed by atoms with E-state index in [4.69, 9.17) is 16.3 Å². The molecule has 35 heavy (non-hydrogen) atoms. The molecule has 3 aromatic rings. The molecule has 0 aliphatic heterocycles. The maximum Gasteiger partial charge on any atom is 0.343 e. The highest BCUT2D eigenvalue weighted by Gasteiger charge is 2.15. The number of nitro benzene ring substituents is 1. The summed E-state index contributed by atoms with van der Waals surface area (Å²) in [6.45, 7) is 1.72. The van der Waals surface area contributed by atoms with Crippen molar-refractivity contribution in [2.75, 3.05) is 5.32 Å². The lowest BCUT2D eigenvalue weighted by atomic mass is 10.2. The van der Waals surface area contributed by atoms with E-state index >= 15 is 0 Å². The minimum Gasteiger partial charge on any atom is -0.422 e. The van der Waals surface area contributed by atoms with Crippen LogP contribution in [0.1, 0.15) is 39.6 Å². The molecule has 10 nitrogen and oxygen atoms in total. The van der Waals surface area contributed by atoms with Gasteiger partial charge in [-0.25, -0.2) is 10.2 Å². The van der Waals surface area contributed by atoms with Gasteiger partial charge >= 0.3 is 5.97 Å². The monoisotopic (exact) mass is 494 g/mol. The summed E-state index contributed by atoms with van der Waals surface area (Å²) in [6, 6.07) is 15.7. The highest BCUT2D eigenvalue weighted by molar-refractivity contribution is 6.30. The van der Waals surface area contributed by atoms with Crippen LogP contribution in [0.5, 0.6) is 5.75 Å². The third kappa shape index (κ3) is 6.95. The predicted molar refractivity (Wildman–Crippen MR) is 130 cm³/mol. The van der Waals surface area contributed by atoms with Gasteiger partial charge < -0.3 is 10.1 Å². The Hall–Kier alpha value is -4.57. The fraction of sp³-hybridized carbons (Fsp3) is 0.0833. The maximum atomic E-state index is 12.4. The molecule has 0 fully saturated rings. The molecule has 0 aliphatic rings. The number of non-ortho nitro benzene ring substituents is 1. The summed E-state index contributed by atoms with van der Waals surface area (Å²) in [5.74, 6) is -1.41. The topological polar surface area (TPSA) is 140 Å². The summed E-state index contributed by atoms with van der Waals surface area (Å²) in [5, 5.41) is 18.1. The summed E-state index contributed by atoms with van der Waals surface area (Å²) in [6.07, 6.45) is 1.46. The zero-order valence-electron chi connectivity index (χ0n) is 18.4. The first-order valence-electron chi connectivity index (χ1n) is 10.3. The Kier molecular flexibility index (Phi) is 8.25. The number of amides is 2. The number of hydrogen-bond acceptors (Lipinski definition) is 7. The van der Waals surface area contributed by atoms with E-state index in [0.717, 1.165) is 12.3 Å². The van der Waals surface area contributed by atoms with Gasteiger partial charge in [-0.2, -0.15) is 5.10 Å². The molecule has 0 heterocycles. The zero-order valence-corrected chi connectivity index (χ0v) is 19.1. The van der Waals surface area contributed by atoms with Crippen LogP contribution in [0.2, 0.25) is 5.02 Å². The number of nitro groups is 1. The predicted octanol–water partition coefficient (Wildman–Crippen LogP) is 4.58. The van der Waals surface area contributed by atoms with E-state index in [2.05, 4.69) is 15.8 Å².